The zero-order valence-electron chi connectivity index (χ0n) is 11.1. The predicted octanol–water partition coefficient (Wildman–Crippen LogP) is 2.96. The van der Waals surface area contributed by atoms with Crippen molar-refractivity contribution in [1.29, 1.82) is 0 Å². The number of halogens is 1. The number of allylic oxidation sites excluding steroid dienone is 3. The van der Waals surface area contributed by atoms with Crippen LogP contribution in [0.15, 0.2) is 48.2 Å². The molecule has 4 nitrogen and oxygen atoms in total. The Labute approximate surface area is 123 Å². The molecule has 0 aliphatic heterocycles. The average Bonchev–Trinajstić information content (AvgIpc) is 2.48. The molecule has 0 bridgehead atoms. The topological polar surface area (TPSA) is 50.4 Å². The Balaban J connectivity index is 1.67. The van der Waals surface area contributed by atoms with Crippen molar-refractivity contribution in [2.24, 2.45) is 0 Å². The van der Waals surface area contributed by atoms with Gasteiger partial charge in [0.05, 0.1) is 0 Å². The molecule has 0 saturated heterocycles. The molecule has 0 unspecified atom stereocenters. The van der Waals surface area contributed by atoms with Crippen molar-refractivity contribution in [3.05, 3.63) is 53.2 Å². The maximum absolute atomic E-state index is 11.6. The third-order valence-corrected chi connectivity index (χ3v) is 3.10. The summed E-state index contributed by atoms with van der Waals surface area (Å²) in [7, 11) is 0. The van der Waals surface area contributed by atoms with Gasteiger partial charge >= 0.3 is 0 Å². The summed E-state index contributed by atoms with van der Waals surface area (Å²) < 4.78 is 5.32. The Bertz CT molecular complexity index is 509. The summed E-state index contributed by atoms with van der Waals surface area (Å²) in [6, 6.07) is 6.88. The van der Waals surface area contributed by atoms with E-state index in [1.54, 1.807) is 24.3 Å². The van der Waals surface area contributed by atoms with Crippen molar-refractivity contribution in [2.45, 2.75) is 19.3 Å². The van der Waals surface area contributed by atoms with Gasteiger partial charge in [0.25, 0.3) is 5.91 Å². The van der Waals surface area contributed by atoms with Crippen LogP contribution in [0.1, 0.15) is 19.3 Å². The maximum atomic E-state index is 11.6. The number of carbonyl (C=O) groups excluding carboxylic acids is 1. The molecule has 0 aromatic heterocycles. The van der Waals surface area contributed by atoms with Gasteiger partial charge in [-0.3, -0.25) is 10.2 Å². The summed E-state index contributed by atoms with van der Waals surface area (Å²) in [5, 5.41) is 0.636. The molecule has 0 fully saturated rings. The molecular weight excluding hydrogens is 276 g/mol. The van der Waals surface area contributed by atoms with Crippen molar-refractivity contribution in [2.75, 3.05) is 6.61 Å². The van der Waals surface area contributed by atoms with Crippen molar-refractivity contribution >= 4 is 17.5 Å². The predicted molar refractivity (Wildman–Crippen MR) is 79.3 cm³/mol. The van der Waals surface area contributed by atoms with Gasteiger partial charge in [0, 0.05) is 11.2 Å². The highest BCUT2D eigenvalue weighted by molar-refractivity contribution is 6.30. The van der Waals surface area contributed by atoms with Crippen LogP contribution in [-0.2, 0) is 4.79 Å². The van der Waals surface area contributed by atoms with Crippen LogP contribution in [0, 0.1) is 0 Å². The van der Waals surface area contributed by atoms with Gasteiger partial charge in [-0.1, -0.05) is 23.8 Å². The first-order valence-electron chi connectivity index (χ1n) is 6.50. The first-order valence-corrected chi connectivity index (χ1v) is 6.87. The number of rotatable bonds is 5. The van der Waals surface area contributed by atoms with Gasteiger partial charge in [-0.2, -0.15) is 0 Å². The first-order chi connectivity index (χ1) is 9.74. The van der Waals surface area contributed by atoms with E-state index in [4.69, 9.17) is 16.3 Å². The number of hydrazine groups is 1. The van der Waals surface area contributed by atoms with Crippen LogP contribution in [0.2, 0.25) is 5.02 Å². The smallest absolute Gasteiger partial charge is 0.276 e. The molecule has 2 rings (SSSR count). The third kappa shape index (κ3) is 4.97. The summed E-state index contributed by atoms with van der Waals surface area (Å²) in [6.07, 6.45) is 9.15. The summed E-state index contributed by atoms with van der Waals surface area (Å²) in [4.78, 5) is 11.6. The molecule has 0 radical (unpaired) electrons. The summed E-state index contributed by atoms with van der Waals surface area (Å²) >= 11 is 5.76. The lowest BCUT2D eigenvalue weighted by Gasteiger charge is -2.10. The van der Waals surface area contributed by atoms with Gasteiger partial charge in [-0.25, -0.2) is 0 Å². The molecule has 1 amide bonds. The summed E-state index contributed by atoms with van der Waals surface area (Å²) in [6.45, 7) is -0.0439. The highest BCUT2D eigenvalue weighted by atomic mass is 35.5. The second-order valence-electron chi connectivity index (χ2n) is 4.45. The number of hydrogen-bond donors (Lipinski definition) is 2. The molecule has 20 heavy (non-hydrogen) atoms. The van der Waals surface area contributed by atoms with E-state index in [0.29, 0.717) is 10.8 Å². The molecule has 1 aliphatic carbocycles. The molecule has 1 aromatic rings. The van der Waals surface area contributed by atoms with Gasteiger partial charge in [0.15, 0.2) is 6.61 Å². The maximum Gasteiger partial charge on any atom is 0.276 e. The first kappa shape index (κ1) is 14.5. The van der Waals surface area contributed by atoms with Crippen LogP contribution in [-0.4, -0.2) is 12.5 Å². The Hall–Kier alpha value is -1.94. The summed E-state index contributed by atoms with van der Waals surface area (Å²) in [5.41, 5.74) is 6.64. The molecule has 106 valence electrons. The number of nitrogens with one attached hydrogen (secondary N) is 2. The Morgan fingerprint density at radius 3 is 2.80 bits per heavy atom. The van der Waals surface area contributed by atoms with E-state index < -0.39 is 0 Å². The third-order valence-electron chi connectivity index (χ3n) is 2.85. The quantitative estimate of drug-likeness (QED) is 0.648. The standard InChI is InChI=1S/C15H17ClN2O2/c16-13-6-8-14(9-7-13)20-11-15(19)18-17-10-12-4-2-1-3-5-12/h1-2,6-10,17H,3-5,11H2,(H,18,19)/b12-10+. The van der Waals surface area contributed by atoms with Crippen LogP contribution in [0.4, 0.5) is 0 Å². The SMILES string of the molecule is O=C(COc1ccc(Cl)cc1)NN/C=C1\CC=CCC1. The Kier molecular flexibility index (Phi) is 5.50. The molecular formula is C15H17ClN2O2. The fourth-order valence-corrected chi connectivity index (χ4v) is 1.91. The zero-order chi connectivity index (χ0) is 14.2. The number of benzene rings is 1. The Morgan fingerprint density at radius 1 is 1.30 bits per heavy atom. The van der Waals surface area contributed by atoms with E-state index in [1.807, 2.05) is 6.20 Å². The minimum atomic E-state index is -0.233. The minimum Gasteiger partial charge on any atom is -0.484 e. The highest BCUT2D eigenvalue weighted by Gasteiger charge is 2.02. The van der Waals surface area contributed by atoms with E-state index >= 15 is 0 Å². The fourth-order valence-electron chi connectivity index (χ4n) is 1.79. The van der Waals surface area contributed by atoms with E-state index in [2.05, 4.69) is 23.0 Å². The number of ether oxygens (including phenoxy) is 1. The van der Waals surface area contributed by atoms with Crippen LogP contribution >= 0.6 is 11.6 Å². The van der Waals surface area contributed by atoms with E-state index in [1.165, 1.54) is 5.57 Å². The van der Waals surface area contributed by atoms with Crippen LogP contribution in [0.3, 0.4) is 0 Å². The minimum absolute atomic E-state index is 0.0439. The molecule has 2 N–H and O–H groups in total. The van der Waals surface area contributed by atoms with E-state index in [9.17, 15) is 4.79 Å². The fraction of sp³-hybridized carbons (Fsp3) is 0.267. The Morgan fingerprint density at radius 2 is 2.10 bits per heavy atom. The second kappa shape index (κ2) is 7.60. The van der Waals surface area contributed by atoms with Crippen LogP contribution < -0.4 is 15.6 Å². The van der Waals surface area contributed by atoms with Gasteiger partial charge in [0.1, 0.15) is 5.75 Å². The van der Waals surface area contributed by atoms with Crippen molar-refractivity contribution in [3.63, 3.8) is 0 Å². The zero-order valence-corrected chi connectivity index (χ0v) is 11.8. The largest absolute Gasteiger partial charge is 0.484 e. The van der Waals surface area contributed by atoms with Crippen molar-refractivity contribution < 1.29 is 9.53 Å². The normalized spacial score (nSPS) is 15.9. The lowest BCUT2D eigenvalue weighted by molar-refractivity contribution is -0.123. The lowest BCUT2D eigenvalue weighted by Crippen LogP contribution is -2.37. The molecule has 1 aliphatic rings. The van der Waals surface area contributed by atoms with Gasteiger partial charge < -0.3 is 10.2 Å². The van der Waals surface area contributed by atoms with Gasteiger partial charge in [0.2, 0.25) is 0 Å². The molecule has 0 atom stereocenters. The van der Waals surface area contributed by atoms with Crippen molar-refractivity contribution in [1.82, 2.24) is 10.9 Å². The number of amides is 1. The molecule has 1 aromatic carbocycles. The molecule has 0 heterocycles. The molecule has 5 heteroatoms. The lowest BCUT2D eigenvalue weighted by atomic mass is 10.0. The van der Waals surface area contributed by atoms with E-state index in [-0.39, 0.29) is 12.5 Å². The second-order valence-corrected chi connectivity index (χ2v) is 4.89. The van der Waals surface area contributed by atoms with Crippen LogP contribution in [0.5, 0.6) is 5.75 Å². The summed E-state index contributed by atoms with van der Waals surface area (Å²) in [5.74, 6) is 0.378. The molecule has 0 spiro atoms. The van der Waals surface area contributed by atoms with Crippen molar-refractivity contribution in [3.8, 4) is 5.75 Å². The monoisotopic (exact) mass is 292 g/mol. The van der Waals surface area contributed by atoms with Crippen LogP contribution in [0.25, 0.3) is 0 Å². The van der Waals surface area contributed by atoms with Gasteiger partial charge in [-0.15, -0.1) is 0 Å². The molecule has 0 saturated carbocycles. The number of hydrogen-bond acceptors (Lipinski definition) is 3. The average molecular weight is 293 g/mol. The highest BCUT2D eigenvalue weighted by Crippen LogP contribution is 2.16. The number of carbonyl (C=O) groups is 1. The van der Waals surface area contributed by atoms with E-state index in [0.717, 1.165) is 19.3 Å². The van der Waals surface area contributed by atoms with Gasteiger partial charge in [-0.05, 0) is 49.1 Å².